The second-order valence-electron chi connectivity index (χ2n) is 5.17. The minimum Gasteiger partial charge on any atom is -0.296 e. The Morgan fingerprint density at radius 3 is 2.76 bits per heavy atom. The van der Waals surface area contributed by atoms with Gasteiger partial charge in [0.2, 0.25) is 0 Å². The summed E-state index contributed by atoms with van der Waals surface area (Å²) in [5.41, 5.74) is 5.05. The first kappa shape index (κ1) is 12.5. The monoisotopic (exact) mass is 253 g/mol. The second-order valence-corrected chi connectivity index (χ2v) is 6.39. The normalized spacial score (nSPS) is 12.5. The van der Waals surface area contributed by atoms with Crippen LogP contribution in [0.3, 0.4) is 0 Å². The quantitative estimate of drug-likeness (QED) is 0.855. The molecule has 0 aromatic carbocycles. The molecule has 2 heterocycles. The molecule has 17 heavy (non-hydrogen) atoms. The van der Waals surface area contributed by atoms with E-state index >= 15 is 0 Å². The molecule has 4 nitrogen and oxygen atoms in total. The van der Waals surface area contributed by atoms with Gasteiger partial charge in [0.25, 0.3) is 0 Å². The zero-order valence-electron chi connectivity index (χ0n) is 11.0. The zero-order valence-corrected chi connectivity index (χ0v) is 11.8. The topological polar surface area (TPSA) is 38.6 Å². The highest BCUT2D eigenvalue weighted by Crippen LogP contribution is 2.20. The standard InChI is InChI=1S/C12H19N3OS/c1-8-7-15-10(6-13-16-12(3,4)5)9(2)14-11(15)17-8/h7,13H,6H2,1-5H3. The fourth-order valence-electron chi connectivity index (χ4n) is 1.64. The van der Waals surface area contributed by atoms with Crippen molar-refractivity contribution < 1.29 is 4.84 Å². The van der Waals surface area contributed by atoms with Crippen LogP contribution < -0.4 is 5.48 Å². The van der Waals surface area contributed by atoms with Gasteiger partial charge in [-0.1, -0.05) is 0 Å². The van der Waals surface area contributed by atoms with Crippen molar-refractivity contribution >= 4 is 16.3 Å². The molecule has 94 valence electrons. The predicted octanol–water partition coefficient (Wildman–Crippen LogP) is 2.83. The Morgan fingerprint density at radius 2 is 2.12 bits per heavy atom. The van der Waals surface area contributed by atoms with Crippen molar-refractivity contribution in [3.05, 3.63) is 22.5 Å². The number of hydroxylamine groups is 1. The Morgan fingerprint density at radius 1 is 1.41 bits per heavy atom. The summed E-state index contributed by atoms with van der Waals surface area (Å²) >= 11 is 1.71. The van der Waals surface area contributed by atoms with E-state index in [-0.39, 0.29) is 5.60 Å². The van der Waals surface area contributed by atoms with E-state index in [1.165, 1.54) is 4.88 Å². The summed E-state index contributed by atoms with van der Waals surface area (Å²) < 4.78 is 2.13. The highest BCUT2D eigenvalue weighted by molar-refractivity contribution is 7.17. The maximum Gasteiger partial charge on any atom is 0.194 e. The van der Waals surface area contributed by atoms with E-state index in [4.69, 9.17) is 4.84 Å². The number of aryl methyl sites for hydroxylation is 2. The second kappa shape index (κ2) is 4.40. The van der Waals surface area contributed by atoms with Crippen molar-refractivity contribution in [2.24, 2.45) is 0 Å². The van der Waals surface area contributed by atoms with Gasteiger partial charge in [0.05, 0.1) is 23.5 Å². The van der Waals surface area contributed by atoms with Crippen LogP contribution in [0.5, 0.6) is 0 Å². The molecule has 0 aliphatic heterocycles. The summed E-state index contributed by atoms with van der Waals surface area (Å²) in [6, 6.07) is 0. The third-order valence-corrected chi connectivity index (χ3v) is 3.26. The zero-order chi connectivity index (χ0) is 12.6. The van der Waals surface area contributed by atoms with Crippen LogP contribution in [0.2, 0.25) is 0 Å². The highest BCUT2D eigenvalue weighted by Gasteiger charge is 2.13. The number of hydrogen-bond acceptors (Lipinski definition) is 4. The SMILES string of the molecule is Cc1cn2c(CNOC(C)(C)C)c(C)nc2s1. The van der Waals surface area contributed by atoms with Crippen LogP contribution >= 0.6 is 11.3 Å². The molecular weight excluding hydrogens is 234 g/mol. The molecule has 5 heteroatoms. The van der Waals surface area contributed by atoms with Crippen LogP contribution in [0.1, 0.15) is 37.0 Å². The summed E-state index contributed by atoms with van der Waals surface area (Å²) in [6.45, 7) is 10.9. The Labute approximate surface area is 106 Å². The summed E-state index contributed by atoms with van der Waals surface area (Å²) in [6.07, 6.45) is 2.12. The van der Waals surface area contributed by atoms with E-state index in [2.05, 4.69) is 28.0 Å². The van der Waals surface area contributed by atoms with E-state index in [0.717, 1.165) is 16.3 Å². The number of nitrogens with zero attached hydrogens (tertiary/aromatic N) is 2. The van der Waals surface area contributed by atoms with Gasteiger partial charge in [-0.2, -0.15) is 5.48 Å². The van der Waals surface area contributed by atoms with Gasteiger partial charge in [0.1, 0.15) is 0 Å². The first-order valence-electron chi connectivity index (χ1n) is 5.71. The number of hydrogen-bond donors (Lipinski definition) is 1. The first-order valence-corrected chi connectivity index (χ1v) is 6.53. The van der Waals surface area contributed by atoms with E-state index < -0.39 is 0 Å². The van der Waals surface area contributed by atoms with Crippen molar-refractivity contribution in [1.29, 1.82) is 0 Å². The van der Waals surface area contributed by atoms with Crippen molar-refractivity contribution in [3.63, 3.8) is 0 Å². The molecule has 0 aliphatic carbocycles. The smallest absolute Gasteiger partial charge is 0.194 e. The molecule has 2 aromatic heterocycles. The largest absolute Gasteiger partial charge is 0.296 e. The van der Waals surface area contributed by atoms with Crippen LogP contribution in [0.4, 0.5) is 0 Å². The van der Waals surface area contributed by atoms with Crippen LogP contribution in [0.15, 0.2) is 6.20 Å². The molecule has 0 spiro atoms. The van der Waals surface area contributed by atoms with Gasteiger partial charge >= 0.3 is 0 Å². The van der Waals surface area contributed by atoms with Gasteiger partial charge in [-0.15, -0.1) is 11.3 Å². The lowest BCUT2D eigenvalue weighted by atomic mass is 10.2. The van der Waals surface area contributed by atoms with Crippen LogP contribution in [-0.4, -0.2) is 15.0 Å². The van der Waals surface area contributed by atoms with Gasteiger partial charge < -0.3 is 0 Å². The molecule has 0 fully saturated rings. The maximum absolute atomic E-state index is 5.53. The summed E-state index contributed by atoms with van der Waals surface area (Å²) in [5, 5.41) is 0. The molecule has 0 unspecified atom stereocenters. The van der Waals surface area contributed by atoms with Crippen molar-refractivity contribution in [3.8, 4) is 0 Å². The Balaban J connectivity index is 2.14. The summed E-state index contributed by atoms with van der Waals surface area (Å²) in [7, 11) is 0. The molecule has 2 rings (SSSR count). The van der Waals surface area contributed by atoms with Crippen LogP contribution in [0.25, 0.3) is 4.96 Å². The van der Waals surface area contributed by atoms with E-state index in [0.29, 0.717) is 6.54 Å². The predicted molar refractivity (Wildman–Crippen MR) is 70.2 cm³/mol. The number of imidazole rings is 1. The lowest BCUT2D eigenvalue weighted by Gasteiger charge is -2.19. The Bertz CT molecular complexity index is 522. The number of aromatic nitrogens is 2. The number of thiazole rings is 1. The number of rotatable bonds is 3. The maximum atomic E-state index is 5.53. The minimum absolute atomic E-state index is 0.178. The van der Waals surface area contributed by atoms with Gasteiger partial charge in [0, 0.05) is 11.1 Å². The van der Waals surface area contributed by atoms with Gasteiger partial charge in [-0.3, -0.25) is 9.24 Å². The van der Waals surface area contributed by atoms with E-state index in [1.54, 1.807) is 11.3 Å². The molecule has 2 aromatic rings. The van der Waals surface area contributed by atoms with Crippen molar-refractivity contribution in [2.45, 2.75) is 46.8 Å². The first-order chi connectivity index (χ1) is 7.87. The molecule has 0 radical (unpaired) electrons. The van der Waals surface area contributed by atoms with Crippen LogP contribution in [-0.2, 0) is 11.4 Å². The molecule has 1 N–H and O–H groups in total. The Kier molecular flexibility index (Phi) is 3.25. The molecule has 0 amide bonds. The fraction of sp³-hybridized carbons (Fsp3) is 0.583. The average Bonchev–Trinajstić information content (AvgIpc) is 2.62. The van der Waals surface area contributed by atoms with Crippen LogP contribution in [0, 0.1) is 13.8 Å². The molecule has 0 saturated heterocycles. The molecule has 0 bridgehead atoms. The minimum atomic E-state index is -0.178. The Hall–Kier alpha value is -0.910. The number of fused-ring (bicyclic) bond motifs is 1. The molecule has 0 atom stereocenters. The van der Waals surface area contributed by atoms with Gasteiger partial charge in [-0.05, 0) is 34.6 Å². The van der Waals surface area contributed by atoms with E-state index in [1.807, 2.05) is 27.7 Å². The van der Waals surface area contributed by atoms with Crippen molar-refractivity contribution in [2.75, 3.05) is 0 Å². The molecular formula is C12H19N3OS. The average molecular weight is 253 g/mol. The lowest BCUT2D eigenvalue weighted by Crippen LogP contribution is -2.29. The van der Waals surface area contributed by atoms with Gasteiger partial charge in [-0.25, -0.2) is 4.98 Å². The molecule has 0 aliphatic rings. The van der Waals surface area contributed by atoms with E-state index in [9.17, 15) is 0 Å². The molecule has 0 saturated carbocycles. The third kappa shape index (κ3) is 2.86. The summed E-state index contributed by atoms with van der Waals surface area (Å²) in [4.78, 5) is 12.4. The number of nitrogens with one attached hydrogen (secondary N) is 1. The lowest BCUT2D eigenvalue weighted by molar-refractivity contribution is -0.0762. The fourth-order valence-corrected chi connectivity index (χ4v) is 2.53. The summed E-state index contributed by atoms with van der Waals surface area (Å²) in [5.74, 6) is 0. The van der Waals surface area contributed by atoms with Gasteiger partial charge in [0.15, 0.2) is 4.96 Å². The highest BCUT2D eigenvalue weighted by atomic mass is 32.1. The van der Waals surface area contributed by atoms with Crippen molar-refractivity contribution in [1.82, 2.24) is 14.9 Å². The third-order valence-electron chi connectivity index (χ3n) is 2.36.